The van der Waals surface area contributed by atoms with Gasteiger partial charge in [0.25, 0.3) is 0 Å². The Labute approximate surface area is 107 Å². The Morgan fingerprint density at radius 3 is 2.39 bits per heavy atom. The van der Waals surface area contributed by atoms with E-state index in [2.05, 4.69) is 15.4 Å². The highest BCUT2D eigenvalue weighted by Crippen LogP contribution is 2.13. The molecule has 0 aromatic carbocycles. The second-order valence-electron chi connectivity index (χ2n) is 5.09. The maximum atomic E-state index is 12.2. The fourth-order valence-electron chi connectivity index (χ4n) is 1.31. The zero-order valence-electron chi connectivity index (χ0n) is 11.1. The van der Waals surface area contributed by atoms with Crippen molar-refractivity contribution in [3.05, 3.63) is 6.33 Å². The van der Waals surface area contributed by atoms with E-state index in [1.54, 1.807) is 20.8 Å². The van der Waals surface area contributed by atoms with Gasteiger partial charge >= 0.3 is 0 Å². The second kappa shape index (κ2) is 4.68. The molecule has 0 saturated carbocycles. The lowest BCUT2D eigenvalue weighted by Crippen LogP contribution is -2.47. The predicted molar refractivity (Wildman–Crippen MR) is 65.5 cm³/mol. The third kappa shape index (κ3) is 3.06. The number of aryl methyl sites for hydroxylation is 1. The molecule has 1 heterocycles. The van der Waals surface area contributed by atoms with E-state index < -0.39 is 26.5 Å². The summed E-state index contributed by atoms with van der Waals surface area (Å²) in [5, 5.41) is 4.91. The molecule has 8 heteroatoms. The largest absolute Gasteiger partial charge is 0.350 e. The summed E-state index contributed by atoms with van der Waals surface area (Å²) in [5.41, 5.74) is -0.485. The average molecular weight is 274 g/mol. The number of aromatic nitrogens is 3. The minimum Gasteiger partial charge on any atom is -0.350 e. The number of amides is 1. The van der Waals surface area contributed by atoms with E-state index in [-0.39, 0.29) is 5.16 Å². The number of carbonyl (C=O) groups is 1. The third-order valence-corrected chi connectivity index (χ3v) is 4.28. The van der Waals surface area contributed by atoms with Crippen LogP contribution in [0.2, 0.25) is 0 Å². The van der Waals surface area contributed by atoms with Gasteiger partial charge in [0, 0.05) is 12.6 Å². The lowest BCUT2D eigenvalue weighted by atomic mass is 10.1. The summed E-state index contributed by atoms with van der Waals surface area (Å²) >= 11 is 0. The summed E-state index contributed by atoms with van der Waals surface area (Å²) in [4.78, 5) is 15.5. The summed E-state index contributed by atoms with van der Waals surface area (Å²) in [7, 11) is -2.35. The van der Waals surface area contributed by atoms with E-state index in [1.807, 2.05) is 0 Å². The van der Waals surface area contributed by atoms with Crippen LogP contribution in [0, 0.1) is 0 Å². The Kier molecular flexibility index (Phi) is 3.80. The fourth-order valence-corrected chi connectivity index (χ4v) is 2.58. The lowest BCUT2D eigenvalue weighted by molar-refractivity contribution is -0.121. The molecule has 1 N–H and O–H groups in total. The molecule has 0 aliphatic heterocycles. The first-order chi connectivity index (χ1) is 8.05. The van der Waals surface area contributed by atoms with Crippen molar-refractivity contribution in [2.24, 2.45) is 7.05 Å². The number of sulfone groups is 1. The van der Waals surface area contributed by atoms with Crippen molar-refractivity contribution < 1.29 is 13.2 Å². The zero-order valence-corrected chi connectivity index (χ0v) is 11.9. The summed E-state index contributed by atoms with van der Waals surface area (Å²) in [6, 6.07) is 0. The quantitative estimate of drug-likeness (QED) is 0.830. The van der Waals surface area contributed by atoms with Gasteiger partial charge in [-0.1, -0.05) is 0 Å². The standard InChI is InChI=1S/C10H18N4O3S/c1-7(8(15)13-10(2,3)4)18(16,17)9-11-6-12-14(9)5/h6-7H,1-5H3,(H,13,15). The fraction of sp³-hybridized carbons (Fsp3) is 0.700. The molecule has 1 amide bonds. The van der Waals surface area contributed by atoms with E-state index in [9.17, 15) is 13.2 Å². The minimum atomic E-state index is -3.82. The van der Waals surface area contributed by atoms with Crippen LogP contribution in [0.3, 0.4) is 0 Å². The number of nitrogens with one attached hydrogen (secondary N) is 1. The molecule has 1 aromatic rings. The maximum absolute atomic E-state index is 12.2. The Balaban J connectivity index is 3.01. The predicted octanol–water partition coefficient (Wildman–Crippen LogP) is -0.108. The molecule has 1 rings (SSSR count). The van der Waals surface area contributed by atoms with E-state index in [0.29, 0.717) is 0 Å². The van der Waals surface area contributed by atoms with Crippen molar-refractivity contribution in [3.63, 3.8) is 0 Å². The number of nitrogens with zero attached hydrogens (tertiary/aromatic N) is 3. The van der Waals surface area contributed by atoms with E-state index >= 15 is 0 Å². The van der Waals surface area contributed by atoms with Crippen LogP contribution in [0.15, 0.2) is 11.5 Å². The molecule has 0 radical (unpaired) electrons. The smallest absolute Gasteiger partial charge is 0.246 e. The van der Waals surface area contributed by atoms with Crippen LogP contribution in [-0.2, 0) is 21.7 Å². The molecule has 1 aromatic heterocycles. The van der Waals surface area contributed by atoms with Gasteiger partial charge in [-0.25, -0.2) is 18.1 Å². The highest BCUT2D eigenvalue weighted by atomic mass is 32.2. The molecule has 18 heavy (non-hydrogen) atoms. The maximum Gasteiger partial charge on any atom is 0.246 e. The monoisotopic (exact) mass is 274 g/mol. The van der Waals surface area contributed by atoms with Gasteiger partial charge in [0.05, 0.1) is 0 Å². The van der Waals surface area contributed by atoms with Crippen molar-refractivity contribution in [2.75, 3.05) is 0 Å². The molecular weight excluding hydrogens is 256 g/mol. The number of hydrogen-bond acceptors (Lipinski definition) is 5. The molecule has 1 atom stereocenters. The van der Waals surface area contributed by atoms with Crippen LogP contribution in [-0.4, -0.2) is 39.9 Å². The first-order valence-electron chi connectivity index (χ1n) is 5.45. The van der Waals surface area contributed by atoms with Gasteiger partial charge in [-0.3, -0.25) is 4.79 Å². The molecule has 0 aliphatic carbocycles. The molecule has 0 spiro atoms. The van der Waals surface area contributed by atoms with Gasteiger partial charge < -0.3 is 5.32 Å². The summed E-state index contributed by atoms with van der Waals surface area (Å²) in [6.45, 7) is 6.69. The first-order valence-corrected chi connectivity index (χ1v) is 7.00. The van der Waals surface area contributed by atoms with E-state index in [4.69, 9.17) is 0 Å². The Bertz CT molecular complexity index is 542. The highest BCUT2D eigenvalue weighted by molar-refractivity contribution is 7.92. The summed E-state index contributed by atoms with van der Waals surface area (Å²) in [6.07, 6.45) is 1.14. The third-order valence-electron chi connectivity index (χ3n) is 2.26. The SMILES string of the molecule is CC(C(=O)NC(C)(C)C)S(=O)(=O)c1ncnn1C. The minimum absolute atomic E-state index is 0.209. The van der Waals surface area contributed by atoms with Crippen LogP contribution in [0.4, 0.5) is 0 Å². The normalized spacial score (nSPS) is 14.3. The molecule has 0 bridgehead atoms. The average Bonchev–Trinajstić information content (AvgIpc) is 2.61. The Morgan fingerprint density at radius 2 is 2.00 bits per heavy atom. The van der Waals surface area contributed by atoms with Crippen LogP contribution in [0.1, 0.15) is 27.7 Å². The Hall–Kier alpha value is -1.44. The molecule has 0 aliphatic rings. The molecular formula is C10H18N4O3S. The van der Waals surface area contributed by atoms with Crippen molar-refractivity contribution in [3.8, 4) is 0 Å². The molecule has 0 fully saturated rings. The van der Waals surface area contributed by atoms with Crippen LogP contribution in [0.5, 0.6) is 0 Å². The summed E-state index contributed by atoms with van der Waals surface area (Å²) < 4.78 is 25.4. The molecule has 7 nitrogen and oxygen atoms in total. The van der Waals surface area contributed by atoms with Crippen molar-refractivity contribution >= 4 is 15.7 Å². The Morgan fingerprint density at radius 1 is 1.44 bits per heavy atom. The second-order valence-corrected chi connectivity index (χ2v) is 7.25. The number of rotatable bonds is 3. The highest BCUT2D eigenvalue weighted by Gasteiger charge is 2.34. The lowest BCUT2D eigenvalue weighted by Gasteiger charge is -2.22. The molecule has 102 valence electrons. The molecule has 1 unspecified atom stereocenters. The van der Waals surface area contributed by atoms with Crippen molar-refractivity contribution in [1.82, 2.24) is 20.1 Å². The summed E-state index contributed by atoms with van der Waals surface area (Å²) in [5.74, 6) is -0.550. The molecule has 0 saturated heterocycles. The van der Waals surface area contributed by atoms with Crippen LogP contribution >= 0.6 is 0 Å². The van der Waals surface area contributed by atoms with Gasteiger partial charge in [-0.05, 0) is 27.7 Å². The topological polar surface area (TPSA) is 93.9 Å². The van der Waals surface area contributed by atoms with Crippen LogP contribution < -0.4 is 5.32 Å². The number of carbonyl (C=O) groups excluding carboxylic acids is 1. The first kappa shape index (κ1) is 14.6. The van der Waals surface area contributed by atoms with E-state index in [1.165, 1.54) is 14.0 Å². The number of hydrogen-bond donors (Lipinski definition) is 1. The van der Waals surface area contributed by atoms with Crippen molar-refractivity contribution in [2.45, 2.75) is 43.6 Å². The zero-order chi connectivity index (χ0) is 14.1. The van der Waals surface area contributed by atoms with Crippen molar-refractivity contribution in [1.29, 1.82) is 0 Å². The van der Waals surface area contributed by atoms with Gasteiger partial charge in [0.1, 0.15) is 11.6 Å². The van der Waals surface area contributed by atoms with Gasteiger partial charge in [-0.2, -0.15) is 5.10 Å². The van der Waals surface area contributed by atoms with Crippen LogP contribution in [0.25, 0.3) is 0 Å². The van der Waals surface area contributed by atoms with E-state index in [0.717, 1.165) is 11.0 Å². The van der Waals surface area contributed by atoms with Gasteiger partial charge in [0.2, 0.25) is 20.9 Å². The van der Waals surface area contributed by atoms with Gasteiger partial charge in [-0.15, -0.1) is 0 Å². The van der Waals surface area contributed by atoms with Gasteiger partial charge in [0.15, 0.2) is 0 Å².